The minimum atomic E-state index is 0.357. The molecule has 2 unspecified atom stereocenters. The maximum absolute atomic E-state index is 6.01. The van der Waals surface area contributed by atoms with Gasteiger partial charge in [-0.15, -0.1) is 0 Å². The van der Waals surface area contributed by atoms with E-state index in [1.54, 1.807) is 20.3 Å². The van der Waals surface area contributed by atoms with E-state index < -0.39 is 0 Å². The van der Waals surface area contributed by atoms with Gasteiger partial charge in [0.25, 0.3) is 0 Å². The third-order valence-corrected chi connectivity index (χ3v) is 3.44. The molecule has 0 saturated heterocycles. The third-order valence-electron chi connectivity index (χ3n) is 3.44. The zero-order valence-corrected chi connectivity index (χ0v) is 11.9. The van der Waals surface area contributed by atoms with Crippen LogP contribution in [0.1, 0.15) is 27.2 Å². The van der Waals surface area contributed by atoms with Crippen molar-refractivity contribution in [2.75, 3.05) is 25.3 Å². The Balaban J connectivity index is 2.95. The lowest BCUT2D eigenvalue weighted by Crippen LogP contribution is -2.23. The Labute approximate surface area is 109 Å². The summed E-state index contributed by atoms with van der Waals surface area (Å²) in [5.41, 5.74) is 7.57. The first-order valence-electron chi connectivity index (χ1n) is 6.31. The van der Waals surface area contributed by atoms with Crippen LogP contribution in [0.15, 0.2) is 12.1 Å². The van der Waals surface area contributed by atoms with Crippen LogP contribution >= 0.6 is 0 Å². The number of rotatable bonds is 6. The molecular formula is C14H24N2O2. The second-order valence-electron chi connectivity index (χ2n) is 4.61. The Kier molecular flexibility index (Phi) is 5.13. The molecular weight excluding hydrogens is 228 g/mol. The molecule has 4 nitrogen and oxygen atoms in total. The summed E-state index contributed by atoms with van der Waals surface area (Å²) in [7, 11) is 3.22. The predicted octanol–water partition coefficient (Wildman–Crippen LogP) is 3.13. The normalized spacial score (nSPS) is 13.8. The van der Waals surface area contributed by atoms with Crippen LogP contribution in [0, 0.1) is 5.92 Å². The quantitative estimate of drug-likeness (QED) is 0.764. The summed E-state index contributed by atoms with van der Waals surface area (Å²) in [5, 5.41) is 3.43. The molecule has 0 fully saturated rings. The number of methoxy groups -OCH3 is 2. The van der Waals surface area contributed by atoms with Gasteiger partial charge in [-0.3, -0.25) is 0 Å². The lowest BCUT2D eigenvalue weighted by atomic mass is 10.0. The van der Waals surface area contributed by atoms with Crippen molar-refractivity contribution in [2.45, 2.75) is 33.2 Å². The van der Waals surface area contributed by atoms with E-state index in [0.717, 1.165) is 12.1 Å². The molecule has 2 atom stereocenters. The van der Waals surface area contributed by atoms with Gasteiger partial charge >= 0.3 is 0 Å². The molecule has 0 saturated carbocycles. The van der Waals surface area contributed by atoms with Crippen LogP contribution in [0.4, 0.5) is 11.4 Å². The fourth-order valence-electron chi connectivity index (χ4n) is 1.76. The molecule has 1 aromatic rings. The van der Waals surface area contributed by atoms with Gasteiger partial charge in [-0.2, -0.15) is 0 Å². The summed E-state index contributed by atoms with van der Waals surface area (Å²) in [6, 6.07) is 4.02. The van der Waals surface area contributed by atoms with E-state index in [0.29, 0.717) is 29.1 Å². The maximum Gasteiger partial charge on any atom is 0.162 e. The standard InChI is InChI=1S/C14H24N2O2/c1-6-9(2)10(3)16-12-8-14(18-5)13(17-4)7-11(12)15/h7-10,16H,6,15H2,1-5H3. The van der Waals surface area contributed by atoms with Crippen LogP contribution in [0.3, 0.4) is 0 Å². The Hall–Kier alpha value is -1.58. The summed E-state index contributed by atoms with van der Waals surface area (Å²) < 4.78 is 10.5. The number of ether oxygens (including phenoxy) is 2. The number of nitrogens with one attached hydrogen (secondary N) is 1. The van der Waals surface area contributed by atoms with Crippen LogP contribution in [0.5, 0.6) is 11.5 Å². The molecule has 0 heterocycles. The van der Waals surface area contributed by atoms with Crippen molar-refractivity contribution < 1.29 is 9.47 Å². The molecule has 0 aromatic heterocycles. The Morgan fingerprint density at radius 1 is 1.17 bits per heavy atom. The Bertz CT molecular complexity index is 394. The fourth-order valence-corrected chi connectivity index (χ4v) is 1.76. The number of hydrogen-bond donors (Lipinski definition) is 2. The fraction of sp³-hybridized carbons (Fsp3) is 0.571. The molecule has 0 radical (unpaired) electrons. The minimum absolute atomic E-state index is 0.357. The van der Waals surface area contributed by atoms with E-state index in [2.05, 4.69) is 26.1 Å². The van der Waals surface area contributed by atoms with Crippen LogP contribution in [0.2, 0.25) is 0 Å². The van der Waals surface area contributed by atoms with Crippen molar-refractivity contribution in [2.24, 2.45) is 5.92 Å². The molecule has 0 aliphatic carbocycles. The van der Waals surface area contributed by atoms with Crippen LogP contribution < -0.4 is 20.5 Å². The molecule has 0 aliphatic heterocycles. The molecule has 3 N–H and O–H groups in total. The van der Waals surface area contributed by atoms with Crippen LogP contribution in [-0.4, -0.2) is 20.3 Å². The first kappa shape index (κ1) is 14.5. The van der Waals surface area contributed by atoms with E-state index in [4.69, 9.17) is 15.2 Å². The zero-order chi connectivity index (χ0) is 13.7. The van der Waals surface area contributed by atoms with E-state index in [1.807, 2.05) is 6.07 Å². The molecule has 0 amide bonds. The Morgan fingerprint density at radius 2 is 1.72 bits per heavy atom. The van der Waals surface area contributed by atoms with Crippen molar-refractivity contribution in [3.63, 3.8) is 0 Å². The van der Waals surface area contributed by atoms with Crippen LogP contribution in [0.25, 0.3) is 0 Å². The molecule has 18 heavy (non-hydrogen) atoms. The summed E-state index contributed by atoms with van der Waals surface area (Å²) >= 11 is 0. The van der Waals surface area contributed by atoms with Crippen molar-refractivity contribution in [1.29, 1.82) is 0 Å². The number of benzene rings is 1. The van der Waals surface area contributed by atoms with Gasteiger partial charge in [0.1, 0.15) is 0 Å². The number of anilines is 2. The second-order valence-corrected chi connectivity index (χ2v) is 4.61. The number of hydrogen-bond acceptors (Lipinski definition) is 4. The monoisotopic (exact) mass is 252 g/mol. The summed E-state index contributed by atoms with van der Waals surface area (Å²) in [4.78, 5) is 0. The first-order valence-corrected chi connectivity index (χ1v) is 6.31. The largest absolute Gasteiger partial charge is 0.493 e. The van der Waals surface area contributed by atoms with Gasteiger partial charge < -0.3 is 20.5 Å². The molecule has 0 aliphatic rings. The predicted molar refractivity (Wildman–Crippen MR) is 76.5 cm³/mol. The average Bonchev–Trinajstić information content (AvgIpc) is 2.39. The topological polar surface area (TPSA) is 56.5 Å². The van der Waals surface area contributed by atoms with Crippen molar-refractivity contribution in [1.82, 2.24) is 0 Å². The first-order chi connectivity index (χ1) is 8.53. The highest BCUT2D eigenvalue weighted by atomic mass is 16.5. The lowest BCUT2D eigenvalue weighted by Gasteiger charge is -2.23. The zero-order valence-electron chi connectivity index (χ0n) is 11.9. The maximum atomic E-state index is 6.01. The highest BCUT2D eigenvalue weighted by Gasteiger charge is 2.14. The van der Waals surface area contributed by atoms with Crippen molar-refractivity contribution in [3.8, 4) is 11.5 Å². The second kappa shape index (κ2) is 6.38. The summed E-state index contributed by atoms with van der Waals surface area (Å²) in [6.07, 6.45) is 1.13. The lowest BCUT2D eigenvalue weighted by molar-refractivity contribution is 0.355. The molecule has 0 bridgehead atoms. The average molecular weight is 252 g/mol. The van der Waals surface area contributed by atoms with Crippen molar-refractivity contribution >= 4 is 11.4 Å². The molecule has 1 rings (SSSR count). The van der Waals surface area contributed by atoms with Gasteiger partial charge in [0.05, 0.1) is 25.6 Å². The van der Waals surface area contributed by atoms with Gasteiger partial charge in [0.2, 0.25) is 0 Å². The van der Waals surface area contributed by atoms with Crippen LogP contribution in [-0.2, 0) is 0 Å². The number of nitrogens with two attached hydrogens (primary N) is 1. The number of nitrogen functional groups attached to an aromatic ring is 1. The summed E-state index contributed by atoms with van der Waals surface area (Å²) in [6.45, 7) is 6.56. The van der Waals surface area contributed by atoms with E-state index in [1.165, 1.54) is 0 Å². The summed E-state index contributed by atoms with van der Waals surface area (Å²) in [5.74, 6) is 1.92. The van der Waals surface area contributed by atoms with E-state index >= 15 is 0 Å². The van der Waals surface area contributed by atoms with Gasteiger partial charge in [-0.25, -0.2) is 0 Å². The SMILES string of the molecule is CCC(C)C(C)Nc1cc(OC)c(OC)cc1N. The molecule has 0 spiro atoms. The van der Waals surface area contributed by atoms with E-state index in [9.17, 15) is 0 Å². The van der Waals surface area contributed by atoms with Crippen molar-refractivity contribution in [3.05, 3.63) is 12.1 Å². The van der Waals surface area contributed by atoms with E-state index in [-0.39, 0.29) is 0 Å². The highest BCUT2D eigenvalue weighted by molar-refractivity contribution is 5.72. The van der Waals surface area contributed by atoms with Gasteiger partial charge in [0.15, 0.2) is 11.5 Å². The molecule has 4 heteroatoms. The minimum Gasteiger partial charge on any atom is -0.493 e. The molecule has 1 aromatic carbocycles. The highest BCUT2D eigenvalue weighted by Crippen LogP contribution is 2.35. The third kappa shape index (κ3) is 3.22. The Morgan fingerprint density at radius 3 is 2.22 bits per heavy atom. The molecule has 102 valence electrons. The van der Waals surface area contributed by atoms with Gasteiger partial charge in [-0.05, 0) is 12.8 Å². The van der Waals surface area contributed by atoms with Gasteiger partial charge in [0, 0.05) is 18.2 Å². The van der Waals surface area contributed by atoms with Gasteiger partial charge in [-0.1, -0.05) is 20.3 Å². The smallest absolute Gasteiger partial charge is 0.162 e.